The minimum Gasteiger partial charge on any atom is -0.326 e. The molecule has 2 aromatic rings. The summed E-state index contributed by atoms with van der Waals surface area (Å²) in [6.45, 7) is -0.0557. The van der Waals surface area contributed by atoms with Crippen LogP contribution in [0.15, 0.2) is 27.8 Å². The quantitative estimate of drug-likeness (QED) is 0.766. The Hall–Kier alpha value is -1.52. The SMILES string of the molecule is NCc1cn[nH]c1S(=O)(=O)Nc1c(F)cc(F)cc1Br. The van der Waals surface area contributed by atoms with Crippen molar-refractivity contribution in [3.8, 4) is 0 Å². The molecule has 0 amide bonds. The summed E-state index contributed by atoms with van der Waals surface area (Å²) in [5.74, 6) is -1.88. The number of hydrogen-bond donors (Lipinski definition) is 3. The van der Waals surface area contributed by atoms with Crippen LogP contribution in [0, 0.1) is 11.6 Å². The number of anilines is 1. The lowest BCUT2D eigenvalue weighted by Gasteiger charge is -2.10. The molecule has 0 aliphatic carbocycles. The summed E-state index contributed by atoms with van der Waals surface area (Å²) in [4.78, 5) is 0. The van der Waals surface area contributed by atoms with Crippen molar-refractivity contribution < 1.29 is 17.2 Å². The summed E-state index contributed by atoms with van der Waals surface area (Å²) < 4.78 is 52.8. The molecule has 4 N–H and O–H groups in total. The third-order valence-corrected chi connectivity index (χ3v) is 4.40. The average Bonchev–Trinajstić information content (AvgIpc) is 2.83. The lowest BCUT2D eigenvalue weighted by molar-refractivity contribution is 0.580. The van der Waals surface area contributed by atoms with Crippen molar-refractivity contribution in [3.05, 3.63) is 40.0 Å². The predicted molar refractivity (Wildman–Crippen MR) is 71.3 cm³/mol. The highest BCUT2D eigenvalue weighted by molar-refractivity contribution is 9.10. The Kier molecular flexibility index (Phi) is 4.06. The van der Waals surface area contributed by atoms with Crippen molar-refractivity contribution in [2.45, 2.75) is 11.6 Å². The van der Waals surface area contributed by atoms with E-state index in [1.54, 1.807) is 0 Å². The van der Waals surface area contributed by atoms with E-state index in [4.69, 9.17) is 5.73 Å². The number of aromatic amines is 1. The van der Waals surface area contributed by atoms with E-state index in [0.29, 0.717) is 6.07 Å². The highest BCUT2D eigenvalue weighted by atomic mass is 79.9. The second-order valence-corrected chi connectivity index (χ2v) is 6.25. The Labute approximate surface area is 121 Å². The normalized spacial score (nSPS) is 11.6. The van der Waals surface area contributed by atoms with Crippen molar-refractivity contribution in [3.63, 3.8) is 0 Å². The van der Waals surface area contributed by atoms with Crippen LogP contribution in [0.5, 0.6) is 0 Å². The second kappa shape index (κ2) is 5.46. The number of nitrogens with one attached hydrogen (secondary N) is 2. The Morgan fingerprint density at radius 3 is 2.70 bits per heavy atom. The maximum Gasteiger partial charge on any atom is 0.279 e. The molecule has 1 aromatic heterocycles. The van der Waals surface area contributed by atoms with Crippen LogP contribution in [0.4, 0.5) is 14.5 Å². The largest absolute Gasteiger partial charge is 0.326 e. The first kappa shape index (κ1) is 14.9. The molecule has 1 heterocycles. The van der Waals surface area contributed by atoms with Gasteiger partial charge in [-0.25, -0.2) is 8.78 Å². The van der Waals surface area contributed by atoms with Gasteiger partial charge in [-0.3, -0.25) is 9.82 Å². The number of nitrogens with two attached hydrogens (primary N) is 1. The first-order chi connectivity index (χ1) is 9.35. The minimum absolute atomic E-state index is 0.0557. The Balaban J connectivity index is 2.44. The van der Waals surface area contributed by atoms with Crippen LogP contribution in [0.25, 0.3) is 0 Å². The summed E-state index contributed by atoms with van der Waals surface area (Å²) in [6.07, 6.45) is 1.25. The summed E-state index contributed by atoms with van der Waals surface area (Å²) >= 11 is 2.89. The van der Waals surface area contributed by atoms with Crippen LogP contribution in [-0.4, -0.2) is 18.6 Å². The fourth-order valence-electron chi connectivity index (χ4n) is 1.50. The van der Waals surface area contributed by atoms with E-state index >= 15 is 0 Å². The van der Waals surface area contributed by atoms with E-state index in [0.717, 1.165) is 6.07 Å². The Bertz CT molecular complexity index is 724. The molecule has 10 heteroatoms. The lowest BCUT2D eigenvalue weighted by Crippen LogP contribution is -2.17. The number of H-pyrrole nitrogens is 1. The van der Waals surface area contributed by atoms with Gasteiger partial charge in [0.15, 0.2) is 10.8 Å². The van der Waals surface area contributed by atoms with E-state index < -0.39 is 27.3 Å². The van der Waals surface area contributed by atoms with Gasteiger partial charge in [0.1, 0.15) is 5.82 Å². The molecule has 0 aliphatic rings. The van der Waals surface area contributed by atoms with E-state index in [1.807, 2.05) is 4.72 Å². The van der Waals surface area contributed by atoms with E-state index in [-0.39, 0.29) is 21.6 Å². The third-order valence-electron chi connectivity index (χ3n) is 2.41. The monoisotopic (exact) mass is 366 g/mol. The zero-order valence-electron chi connectivity index (χ0n) is 9.82. The van der Waals surface area contributed by atoms with Gasteiger partial charge < -0.3 is 5.73 Å². The van der Waals surface area contributed by atoms with Crippen LogP contribution in [0.3, 0.4) is 0 Å². The van der Waals surface area contributed by atoms with Crippen molar-refractivity contribution in [2.75, 3.05) is 4.72 Å². The molecular formula is C10H9BrF2N4O2S. The smallest absolute Gasteiger partial charge is 0.279 e. The van der Waals surface area contributed by atoms with Gasteiger partial charge in [-0.2, -0.15) is 13.5 Å². The first-order valence-electron chi connectivity index (χ1n) is 5.25. The number of benzene rings is 1. The molecule has 108 valence electrons. The first-order valence-corrected chi connectivity index (χ1v) is 7.52. The van der Waals surface area contributed by atoms with Gasteiger partial charge in [0, 0.05) is 22.6 Å². The van der Waals surface area contributed by atoms with Crippen LogP contribution >= 0.6 is 15.9 Å². The zero-order valence-corrected chi connectivity index (χ0v) is 12.2. The van der Waals surface area contributed by atoms with E-state index in [2.05, 4.69) is 26.1 Å². The molecule has 2 rings (SSSR count). The molecule has 1 aromatic carbocycles. The molecule has 0 bridgehead atoms. The van der Waals surface area contributed by atoms with Gasteiger partial charge in [-0.1, -0.05) is 0 Å². The van der Waals surface area contributed by atoms with Crippen LogP contribution in [-0.2, 0) is 16.6 Å². The molecule has 0 aliphatic heterocycles. The van der Waals surface area contributed by atoms with Gasteiger partial charge in [0.25, 0.3) is 10.0 Å². The topological polar surface area (TPSA) is 101 Å². The van der Waals surface area contributed by atoms with Gasteiger partial charge in [0.2, 0.25) is 0 Å². The summed E-state index contributed by atoms with van der Waals surface area (Å²) in [7, 11) is -4.11. The molecule has 0 spiro atoms. The number of sulfonamides is 1. The Morgan fingerprint density at radius 1 is 1.40 bits per heavy atom. The van der Waals surface area contributed by atoms with Gasteiger partial charge in [-0.05, 0) is 22.0 Å². The highest BCUT2D eigenvalue weighted by Gasteiger charge is 2.23. The van der Waals surface area contributed by atoms with Crippen molar-refractivity contribution in [1.82, 2.24) is 10.2 Å². The fourth-order valence-corrected chi connectivity index (χ4v) is 3.37. The average molecular weight is 367 g/mol. The summed E-state index contributed by atoms with van der Waals surface area (Å²) in [6, 6.07) is 1.51. The molecule has 0 saturated heterocycles. The predicted octanol–water partition coefficient (Wildman–Crippen LogP) is 1.71. The highest BCUT2D eigenvalue weighted by Crippen LogP contribution is 2.29. The summed E-state index contributed by atoms with van der Waals surface area (Å²) in [5.41, 5.74) is 5.23. The second-order valence-electron chi connectivity index (χ2n) is 3.78. The molecule has 6 nitrogen and oxygen atoms in total. The van der Waals surface area contributed by atoms with E-state index in [1.165, 1.54) is 6.20 Å². The zero-order chi connectivity index (χ0) is 14.9. The van der Waals surface area contributed by atoms with Crippen LogP contribution in [0.2, 0.25) is 0 Å². The number of aromatic nitrogens is 2. The van der Waals surface area contributed by atoms with Crippen LogP contribution < -0.4 is 10.5 Å². The lowest BCUT2D eigenvalue weighted by atomic mass is 10.3. The Morgan fingerprint density at radius 2 is 2.10 bits per heavy atom. The standard InChI is InChI=1S/C10H9BrF2N4O2S/c11-7-1-6(12)2-8(13)9(7)17-20(18,19)10-5(3-14)4-15-16-10/h1-2,4,17H,3,14H2,(H,15,16). The maximum absolute atomic E-state index is 13.6. The molecule has 0 saturated carbocycles. The minimum atomic E-state index is -4.11. The van der Waals surface area contributed by atoms with Crippen molar-refractivity contribution >= 4 is 31.6 Å². The molecule has 0 unspecified atom stereocenters. The van der Waals surface area contributed by atoms with Gasteiger partial charge >= 0.3 is 0 Å². The summed E-state index contributed by atoms with van der Waals surface area (Å²) in [5, 5.41) is 5.58. The van der Waals surface area contributed by atoms with Gasteiger partial charge in [0.05, 0.1) is 11.9 Å². The number of rotatable bonds is 4. The molecule has 0 atom stereocenters. The molecule has 20 heavy (non-hydrogen) atoms. The van der Waals surface area contributed by atoms with Crippen molar-refractivity contribution in [1.29, 1.82) is 0 Å². The van der Waals surface area contributed by atoms with Gasteiger partial charge in [-0.15, -0.1) is 0 Å². The maximum atomic E-state index is 13.6. The third kappa shape index (κ3) is 2.81. The molecule has 0 fully saturated rings. The van der Waals surface area contributed by atoms with Crippen LogP contribution in [0.1, 0.15) is 5.56 Å². The van der Waals surface area contributed by atoms with E-state index in [9.17, 15) is 17.2 Å². The van der Waals surface area contributed by atoms with Crippen molar-refractivity contribution in [2.24, 2.45) is 5.73 Å². The fraction of sp³-hybridized carbons (Fsp3) is 0.100. The number of nitrogens with zero attached hydrogens (tertiary/aromatic N) is 1. The molecular weight excluding hydrogens is 358 g/mol. The number of hydrogen-bond acceptors (Lipinski definition) is 4. The number of halogens is 3. The molecule has 0 radical (unpaired) electrons.